The lowest BCUT2D eigenvalue weighted by molar-refractivity contribution is -0.135. The second-order valence-corrected chi connectivity index (χ2v) is 3.60. The molecule has 1 aliphatic rings. The third-order valence-electron chi connectivity index (χ3n) is 3.23. The molecule has 0 aromatic carbocycles. The van der Waals surface area contributed by atoms with E-state index >= 15 is 0 Å². The smallest absolute Gasteiger partial charge is 0.0982 e. The minimum absolute atomic E-state index is 0.258. The highest BCUT2D eigenvalue weighted by atomic mass is 19.1. The second-order valence-electron chi connectivity index (χ2n) is 3.60. The molecule has 0 aromatic heterocycles. The van der Waals surface area contributed by atoms with Gasteiger partial charge in [0, 0.05) is 10.8 Å². The van der Waals surface area contributed by atoms with Gasteiger partial charge in [0.05, 0.1) is 26.7 Å². The van der Waals surface area contributed by atoms with Crippen molar-refractivity contribution in [3.63, 3.8) is 0 Å². The minimum Gasteiger partial charge on any atom is -0.250 e. The van der Waals surface area contributed by atoms with Gasteiger partial charge in [-0.2, -0.15) is 0 Å². The van der Waals surface area contributed by atoms with Gasteiger partial charge in [-0.15, -0.1) is 0 Å². The average molecular weight is 184 g/mol. The van der Waals surface area contributed by atoms with Crippen LogP contribution in [-0.4, -0.2) is 26.7 Å². The first kappa shape index (κ1) is 9.81. The quantitative estimate of drug-likeness (QED) is 0.589. The van der Waals surface area contributed by atoms with Crippen LogP contribution in [0.3, 0.4) is 0 Å². The summed E-state index contributed by atoms with van der Waals surface area (Å²) in [5.74, 6) is 0. The third-order valence-corrected chi connectivity index (χ3v) is 3.23. The van der Waals surface area contributed by atoms with E-state index in [1.807, 2.05) is 0 Å². The summed E-state index contributed by atoms with van der Waals surface area (Å²) in [5.41, 5.74) is -2.73. The fourth-order valence-electron chi connectivity index (χ4n) is 1.74. The van der Waals surface area contributed by atoms with Crippen LogP contribution in [0.25, 0.3) is 0 Å². The van der Waals surface area contributed by atoms with Gasteiger partial charge < -0.3 is 0 Å². The highest BCUT2D eigenvalue weighted by Crippen LogP contribution is 2.57. The van der Waals surface area contributed by atoms with Crippen LogP contribution in [-0.2, 0) is 0 Å². The van der Waals surface area contributed by atoms with Crippen LogP contribution in [0.4, 0.5) is 17.6 Å². The van der Waals surface area contributed by atoms with Crippen molar-refractivity contribution in [3.05, 3.63) is 0 Å². The van der Waals surface area contributed by atoms with E-state index in [4.69, 9.17) is 0 Å². The Labute approximate surface area is 69.0 Å². The van der Waals surface area contributed by atoms with Crippen molar-refractivity contribution < 1.29 is 17.6 Å². The standard InChI is InChI=1S/C8H12F4/c9-3-7(4-10)1-2-8(7,5-11)6-12/h1-6H2. The molecule has 0 nitrogen and oxygen atoms in total. The lowest BCUT2D eigenvalue weighted by Crippen LogP contribution is -2.57. The molecule has 0 aromatic rings. The fourth-order valence-corrected chi connectivity index (χ4v) is 1.74. The predicted octanol–water partition coefficient (Wildman–Crippen LogP) is 2.63. The molecule has 1 aliphatic carbocycles. The lowest BCUT2D eigenvalue weighted by Gasteiger charge is -2.54. The summed E-state index contributed by atoms with van der Waals surface area (Å²) in [7, 11) is 0. The van der Waals surface area contributed by atoms with Crippen molar-refractivity contribution in [2.75, 3.05) is 26.7 Å². The molecule has 4 heteroatoms. The molecule has 12 heavy (non-hydrogen) atoms. The van der Waals surface area contributed by atoms with Crippen molar-refractivity contribution in [2.45, 2.75) is 12.8 Å². The highest BCUT2D eigenvalue weighted by Gasteiger charge is 2.59. The number of alkyl halides is 4. The van der Waals surface area contributed by atoms with Crippen molar-refractivity contribution in [2.24, 2.45) is 10.8 Å². The molecule has 0 radical (unpaired) electrons. The summed E-state index contributed by atoms with van der Waals surface area (Å²) in [6, 6.07) is 0. The molecule has 0 amide bonds. The molecule has 0 heterocycles. The van der Waals surface area contributed by atoms with Gasteiger partial charge in [0.25, 0.3) is 0 Å². The molecule has 0 spiro atoms. The normalized spacial score (nSPS) is 25.0. The Hall–Kier alpha value is -0.280. The molecule has 0 atom stereocenters. The van der Waals surface area contributed by atoms with E-state index in [2.05, 4.69) is 0 Å². The van der Waals surface area contributed by atoms with Gasteiger partial charge in [-0.3, -0.25) is 17.6 Å². The summed E-state index contributed by atoms with van der Waals surface area (Å²) >= 11 is 0. The zero-order chi connectivity index (χ0) is 9.24. The van der Waals surface area contributed by atoms with Crippen LogP contribution in [0.5, 0.6) is 0 Å². The molecule has 0 saturated heterocycles. The Morgan fingerprint density at radius 3 is 1.00 bits per heavy atom. The van der Waals surface area contributed by atoms with Gasteiger partial charge in [0.1, 0.15) is 0 Å². The Kier molecular flexibility index (Phi) is 2.64. The molecule has 0 N–H and O–H groups in total. The van der Waals surface area contributed by atoms with E-state index in [0.717, 1.165) is 0 Å². The van der Waals surface area contributed by atoms with Crippen LogP contribution in [0.15, 0.2) is 0 Å². The van der Waals surface area contributed by atoms with Gasteiger partial charge in [-0.05, 0) is 12.8 Å². The fraction of sp³-hybridized carbons (Fsp3) is 1.00. The molecule has 1 fully saturated rings. The first-order valence-corrected chi connectivity index (χ1v) is 3.94. The van der Waals surface area contributed by atoms with Crippen LogP contribution in [0, 0.1) is 10.8 Å². The summed E-state index contributed by atoms with van der Waals surface area (Å²) < 4.78 is 49.6. The largest absolute Gasteiger partial charge is 0.250 e. The SMILES string of the molecule is FCC1(CF)CCC1(CF)CF. The number of hydrogen-bond acceptors (Lipinski definition) is 0. The first-order chi connectivity index (χ1) is 5.70. The maximum Gasteiger partial charge on any atom is 0.0982 e. The maximum absolute atomic E-state index is 12.4. The molecule has 1 saturated carbocycles. The molecule has 1 rings (SSSR count). The van der Waals surface area contributed by atoms with Gasteiger partial charge in [-0.1, -0.05) is 0 Å². The lowest BCUT2D eigenvalue weighted by atomic mass is 9.51. The number of halogens is 4. The molecule has 0 aliphatic heterocycles. The molecular formula is C8H12F4. The van der Waals surface area contributed by atoms with Crippen molar-refractivity contribution in [1.29, 1.82) is 0 Å². The van der Waals surface area contributed by atoms with E-state index < -0.39 is 37.5 Å². The Morgan fingerprint density at radius 2 is 0.917 bits per heavy atom. The predicted molar refractivity (Wildman–Crippen MR) is 38.0 cm³/mol. The van der Waals surface area contributed by atoms with E-state index in [1.54, 1.807) is 0 Å². The van der Waals surface area contributed by atoms with Crippen LogP contribution < -0.4 is 0 Å². The Bertz CT molecular complexity index is 120. The van der Waals surface area contributed by atoms with Crippen LogP contribution >= 0.6 is 0 Å². The summed E-state index contributed by atoms with van der Waals surface area (Å²) in [6.07, 6.45) is 0.516. The summed E-state index contributed by atoms with van der Waals surface area (Å²) in [4.78, 5) is 0. The third kappa shape index (κ3) is 0.962. The second kappa shape index (κ2) is 3.23. The van der Waals surface area contributed by atoms with Crippen LogP contribution in [0.2, 0.25) is 0 Å². The Balaban J connectivity index is 2.77. The summed E-state index contributed by atoms with van der Waals surface area (Å²) in [5, 5.41) is 0. The molecular weight excluding hydrogens is 172 g/mol. The van der Waals surface area contributed by atoms with Crippen LogP contribution in [0.1, 0.15) is 12.8 Å². The van der Waals surface area contributed by atoms with Gasteiger partial charge in [-0.25, -0.2) is 0 Å². The van der Waals surface area contributed by atoms with E-state index in [-0.39, 0.29) is 12.8 Å². The number of hydrogen-bond donors (Lipinski definition) is 0. The van der Waals surface area contributed by atoms with Gasteiger partial charge in [0.15, 0.2) is 0 Å². The van der Waals surface area contributed by atoms with E-state index in [1.165, 1.54) is 0 Å². The molecule has 72 valence electrons. The van der Waals surface area contributed by atoms with E-state index in [9.17, 15) is 17.6 Å². The highest BCUT2D eigenvalue weighted by molar-refractivity contribution is 5.06. The maximum atomic E-state index is 12.4. The average Bonchev–Trinajstić information content (AvgIpc) is 2.08. The summed E-state index contributed by atoms with van der Waals surface area (Å²) in [6.45, 7) is -3.84. The zero-order valence-electron chi connectivity index (χ0n) is 6.75. The van der Waals surface area contributed by atoms with Crippen molar-refractivity contribution in [3.8, 4) is 0 Å². The first-order valence-electron chi connectivity index (χ1n) is 3.94. The molecule has 0 bridgehead atoms. The van der Waals surface area contributed by atoms with Gasteiger partial charge >= 0.3 is 0 Å². The minimum atomic E-state index is -1.36. The van der Waals surface area contributed by atoms with Crippen molar-refractivity contribution in [1.82, 2.24) is 0 Å². The number of rotatable bonds is 4. The Morgan fingerprint density at radius 1 is 0.667 bits per heavy atom. The molecule has 0 unspecified atom stereocenters. The van der Waals surface area contributed by atoms with E-state index in [0.29, 0.717) is 0 Å². The topological polar surface area (TPSA) is 0 Å². The zero-order valence-corrected chi connectivity index (χ0v) is 6.75. The van der Waals surface area contributed by atoms with Crippen molar-refractivity contribution >= 4 is 0 Å². The van der Waals surface area contributed by atoms with Gasteiger partial charge in [0.2, 0.25) is 0 Å². The monoisotopic (exact) mass is 184 g/mol.